The fourth-order valence-electron chi connectivity index (χ4n) is 2.03. The lowest BCUT2D eigenvalue weighted by Crippen LogP contribution is -2.43. The minimum absolute atomic E-state index is 0.0475. The van der Waals surface area contributed by atoms with Crippen LogP contribution >= 0.6 is 0 Å². The number of halogens is 3. The minimum atomic E-state index is -4.84. The molecular formula is C15H15F3NOS+. The van der Waals surface area contributed by atoms with Crippen LogP contribution in [0.4, 0.5) is 13.2 Å². The summed E-state index contributed by atoms with van der Waals surface area (Å²) < 4.78 is 53.9. The van der Waals surface area contributed by atoms with Gasteiger partial charge in [0.05, 0.1) is 6.54 Å². The van der Waals surface area contributed by atoms with Crippen LogP contribution in [0, 0.1) is 0 Å². The largest absolute Gasteiger partial charge is 0.601 e. The predicted molar refractivity (Wildman–Crippen MR) is 76.7 cm³/mol. The molecule has 0 spiro atoms. The molecule has 2 rings (SSSR count). The lowest BCUT2D eigenvalue weighted by Gasteiger charge is -2.22. The zero-order chi connectivity index (χ0) is 15.5. The van der Waals surface area contributed by atoms with Gasteiger partial charge >= 0.3 is 5.51 Å². The number of hydrogen-bond donors (Lipinski definition) is 0. The van der Waals surface area contributed by atoms with Crippen LogP contribution < -0.4 is 0 Å². The van der Waals surface area contributed by atoms with Crippen LogP contribution in [0.3, 0.4) is 0 Å². The van der Waals surface area contributed by atoms with E-state index in [-0.39, 0.29) is 11.4 Å². The molecule has 0 fully saturated rings. The van der Waals surface area contributed by atoms with Gasteiger partial charge in [-0.2, -0.15) is 0 Å². The number of hydrogen-bond acceptors (Lipinski definition) is 1. The standard InChI is InChI=1S/C15H15F3NOS/c1-19(12-13-8-4-2-5-9-13)21(20,15(16,17)18)14-10-6-3-7-11-14/h2-11H,12H2,1H3/q+1. The Morgan fingerprint density at radius 3 is 1.90 bits per heavy atom. The maximum absolute atomic E-state index is 13.4. The van der Waals surface area contributed by atoms with Crippen molar-refractivity contribution in [1.29, 1.82) is 0 Å². The van der Waals surface area contributed by atoms with Gasteiger partial charge in [-0.3, -0.25) is 0 Å². The Hall–Kier alpha value is -1.66. The van der Waals surface area contributed by atoms with Crippen LogP contribution in [0.1, 0.15) is 5.56 Å². The van der Waals surface area contributed by atoms with Crippen molar-refractivity contribution >= 4 is 10.1 Å². The number of benzene rings is 2. The Labute approximate surface area is 122 Å². The molecule has 0 bridgehead atoms. The molecule has 21 heavy (non-hydrogen) atoms. The number of alkyl halides is 3. The highest BCUT2D eigenvalue weighted by Gasteiger charge is 2.63. The average molecular weight is 314 g/mol. The van der Waals surface area contributed by atoms with Gasteiger partial charge in [0, 0.05) is 7.05 Å². The van der Waals surface area contributed by atoms with Gasteiger partial charge in [-0.05, 0) is 17.7 Å². The maximum atomic E-state index is 13.4. The van der Waals surface area contributed by atoms with Crippen molar-refractivity contribution in [2.24, 2.45) is 0 Å². The number of rotatable bonds is 4. The first-order valence-electron chi connectivity index (χ1n) is 6.26. The zero-order valence-corrected chi connectivity index (χ0v) is 12.2. The van der Waals surface area contributed by atoms with Gasteiger partial charge in [0.1, 0.15) is 0 Å². The van der Waals surface area contributed by atoms with Crippen LogP contribution in [0.5, 0.6) is 0 Å². The fraction of sp³-hybridized carbons (Fsp3) is 0.200. The third-order valence-corrected chi connectivity index (χ3v) is 5.61. The first-order chi connectivity index (χ1) is 9.85. The van der Waals surface area contributed by atoms with E-state index >= 15 is 0 Å². The molecule has 0 radical (unpaired) electrons. The second kappa shape index (κ2) is 5.99. The van der Waals surface area contributed by atoms with Gasteiger partial charge in [-0.25, -0.2) is 0 Å². The van der Waals surface area contributed by atoms with Gasteiger partial charge in [0.2, 0.25) is 0 Å². The summed E-state index contributed by atoms with van der Waals surface area (Å²) in [5, 5.41) is 0. The lowest BCUT2D eigenvalue weighted by atomic mass is 10.2. The second-order valence-electron chi connectivity index (χ2n) is 4.56. The van der Waals surface area contributed by atoms with Crippen molar-refractivity contribution in [3.8, 4) is 0 Å². The summed E-state index contributed by atoms with van der Waals surface area (Å²) in [5.41, 5.74) is -4.16. The highest BCUT2D eigenvalue weighted by molar-refractivity contribution is 8.01. The summed E-state index contributed by atoms with van der Waals surface area (Å²) in [5.74, 6) is 0. The van der Waals surface area contributed by atoms with Gasteiger partial charge in [0.15, 0.2) is 4.90 Å². The van der Waals surface area contributed by atoms with E-state index in [0.29, 0.717) is 5.56 Å². The van der Waals surface area contributed by atoms with Crippen LogP contribution in [-0.4, -0.2) is 16.9 Å². The average Bonchev–Trinajstić information content (AvgIpc) is 2.47. The highest BCUT2D eigenvalue weighted by Crippen LogP contribution is 2.40. The van der Waals surface area contributed by atoms with Gasteiger partial charge in [0.25, 0.3) is 10.1 Å². The van der Waals surface area contributed by atoms with Crippen LogP contribution in [0.15, 0.2) is 65.6 Å². The summed E-state index contributed by atoms with van der Waals surface area (Å²) in [6.45, 7) is -0.0475. The Balaban J connectivity index is 2.40. The molecule has 0 amide bonds. The van der Waals surface area contributed by atoms with Crippen molar-refractivity contribution < 1.29 is 17.4 Å². The van der Waals surface area contributed by atoms with Gasteiger partial charge in [-0.15, -0.1) is 17.5 Å². The third-order valence-electron chi connectivity index (χ3n) is 3.06. The van der Waals surface area contributed by atoms with Crippen molar-refractivity contribution in [2.45, 2.75) is 16.9 Å². The smallest absolute Gasteiger partial charge is 0.121 e. The van der Waals surface area contributed by atoms with Crippen LogP contribution in [-0.2, 0) is 20.9 Å². The molecule has 0 heterocycles. The molecular weight excluding hydrogens is 299 g/mol. The summed E-state index contributed by atoms with van der Waals surface area (Å²) in [6, 6.07) is 15.7. The summed E-state index contributed by atoms with van der Waals surface area (Å²) in [6.07, 6.45) is 0. The van der Waals surface area contributed by atoms with E-state index in [9.17, 15) is 17.4 Å². The lowest BCUT2D eigenvalue weighted by molar-refractivity contribution is -0.0473. The third kappa shape index (κ3) is 3.16. The molecule has 0 saturated carbocycles. The second-order valence-corrected chi connectivity index (χ2v) is 7.17. The molecule has 6 heteroatoms. The molecule has 2 aromatic carbocycles. The molecule has 2 aromatic rings. The Bertz CT molecular complexity index is 628. The monoisotopic (exact) mass is 314 g/mol. The van der Waals surface area contributed by atoms with Gasteiger partial charge in [-0.1, -0.05) is 52.7 Å². The number of nitrogens with zero attached hydrogens (tertiary/aromatic N) is 1. The van der Waals surface area contributed by atoms with E-state index in [0.717, 1.165) is 4.31 Å². The first kappa shape index (κ1) is 15.7. The molecule has 1 atom stereocenters. The van der Waals surface area contributed by atoms with E-state index in [4.69, 9.17) is 0 Å². The quantitative estimate of drug-likeness (QED) is 0.778. The van der Waals surface area contributed by atoms with Crippen molar-refractivity contribution in [2.75, 3.05) is 7.05 Å². The Kier molecular flexibility index (Phi) is 4.49. The molecule has 112 valence electrons. The maximum Gasteiger partial charge on any atom is 0.601 e. The molecule has 2 nitrogen and oxygen atoms in total. The van der Waals surface area contributed by atoms with E-state index in [1.807, 2.05) is 0 Å². The molecule has 0 saturated heterocycles. The molecule has 1 unspecified atom stereocenters. The normalized spacial score (nSPS) is 14.9. The first-order valence-corrected chi connectivity index (χ1v) is 7.78. The zero-order valence-electron chi connectivity index (χ0n) is 11.4. The van der Waals surface area contributed by atoms with Crippen LogP contribution in [0.2, 0.25) is 0 Å². The highest BCUT2D eigenvalue weighted by atomic mass is 32.3. The topological polar surface area (TPSA) is 20.3 Å². The Morgan fingerprint density at radius 2 is 1.43 bits per heavy atom. The molecule has 0 aliphatic heterocycles. The van der Waals surface area contributed by atoms with Crippen LogP contribution in [0.25, 0.3) is 0 Å². The van der Waals surface area contributed by atoms with Crippen molar-refractivity contribution in [3.05, 3.63) is 66.2 Å². The molecule has 0 N–H and O–H groups in total. The minimum Gasteiger partial charge on any atom is -0.121 e. The summed E-state index contributed by atoms with van der Waals surface area (Å²) in [4.78, 5) is -0.226. The van der Waals surface area contributed by atoms with Crippen molar-refractivity contribution in [3.63, 3.8) is 0 Å². The molecule has 0 aromatic heterocycles. The van der Waals surface area contributed by atoms with E-state index in [1.165, 1.54) is 31.3 Å². The summed E-state index contributed by atoms with van der Waals surface area (Å²) >= 11 is 0. The van der Waals surface area contributed by atoms with Gasteiger partial charge < -0.3 is 0 Å². The van der Waals surface area contributed by atoms with Crippen molar-refractivity contribution in [1.82, 2.24) is 4.31 Å². The molecule has 0 aliphatic rings. The molecule has 0 aliphatic carbocycles. The van der Waals surface area contributed by atoms with E-state index < -0.39 is 15.6 Å². The predicted octanol–water partition coefficient (Wildman–Crippen LogP) is 4.11. The van der Waals surface area contributed by atoms with E-state index in [2.05, 4.69) is 0 Å². The van der Waals surface area contributed by atoms with E-state index in [1.54, 1.807) is 36.4 Å². The fourth-order valence-corrected chi connectivity index (χ4v) is 3.86. The summed E-state index contributed by atoms with van der Waals surface area (Å²) in [7, 11) is -3.10. The SMILES string of the molecule is CN(Cc1ccccc1)[S+](=O)(c1ccccc1)C(F)(F)F. The Morgan fingerprint density at radius 1 is 0.952 bits per heavy atom.